The van der Waals surface area contributed by atoms with Crippen molar-refractivity contribution in [2.75, 3.05) is 20.3 Å². The van der Waals surface area contributed by atoms with Crippen LogP contribution >= 0.6 is 0 Å². The standard InChI is InChI=1S/C14H23N3O2/c1-11(13-5-8-15-9-6-13)17-12(2)14(18)16-7-4-10-19-3/h5-6,8-9,11-12,17H,4,7,10H2,1-3H3,(H,16,18). The monoisotopic (exact) mass is 265 g/mol. The molecule has 19 heavy (non-hydrogen) atoms. The summed E-state index contributed by atoms with van der Waals surface area (Å²) in [5, 5.41) is 6.15. The highest BCUT2D eigenvalue weighted by molar-refractivity contribution is 5.81. The van der Waals surface area contributed by atoms with Crippen LogP contribution in [-0.4, -0.2) is 37.2 Å². The number of rotatable bonds is 8. The van der Waals surface area contributed by atoms with E-state index >= 15 is 0 Å². The van der Waals surface area contributed by atoms with Gasteiger partial charge in [-0.3, -0.25) is 15.1 Å². The number of pyridine rings is 1. The molecule has 0 aliphatic rings. The van der Waals surface area contributed by atoms with E-state index in [-0.39, 0.29) is 18.0 Å². The van der Waals surface area contributed by atoms with Crippen LogP contribution in [0.3, 0.4) is 0 Å². The molecule has 0 spiro atoms. The summed E-state index contributed by atoms with van der Waals surface area (Å²) in [5.41, 5.74) is 1.12. The van der Waals surface area contributed by atoms with E-state index in [1.165, 1.54) is 0 Å². The second-order valence-electron chi connectivity index (χ2n) is 4.53. The number of hydrogen-bond acceptors (Lipinski definition) is 4. The highest BCUT2D eigenvalue weighted by Gasteiger charge is 2.15. The fourth-order valence-corrected chi connectivity index (χ4v) is 1.78. The maximum absolute atomic E-state index is 11.8. The lowest BCUT2D eigenvalue weighted by atomic mass is 10.1. The van der Waals surface area contributed by atoms with Gasteiger partial charge in [-0.15, -0.1) is 0 Å². The zero-order valence-electron chi connectivity index (χ0n) is 11.8. The molecule has 1 aromatic rings. The molecule has 0 saturated heterocycles. The third-order valence-corrected chi connectivity index (χ3v) is 2.92. The minimum Gasteiger partial charge on any atom is -0.385 e. The van der Waals surface area contributed by atoms with Crippen LogP contribution in [0.2, 0.25) is 0 Å². The van der Waals surface area contributed by atoms with Crippen molar-refractivity contribution in [2.45, 2.75) is 32.4 Å². The van der Waals surface area contributed by atoms with Crippen molar-refractivity contribution in [1.82, 2.24) is 15.6 Å². The molecule has 0 bridgehead atoms. The normalized spacial score (nSPS) is 13.8. The Labute approximate surface area is 114 Å². The van der Waals surface area contributed by atoms with Gasteiger partial charge >= 0.3 is 0 Å². The molecule has 0 saturated carbocycles. The first-order chi connectivity index (χ1) is 9.15. The second-order valence-corrected chi connectivity index (χ2v) is 4.53. The molecule has 106 valence electrons. The van der Waals surface area contributed by atoms with E-state index in [1.807, 2.05) is 26.0 Å². The topological polar surface area (TPSA) is 63.2 Å². The van der Waals surface area contributed by atoms with Gasteiger partial charge in [0, 0.05) is 38.7 Å². The van der Waals surface area contributed by atoms with Crippen molar-refractivity contribution < 1.29 is 9.53 Å². The summed E-state index contributed by atoms with van der Waals surface area (Å²) in [7, 11) is 1.66. The van der Waals surface area contributed by atoms with E-state index < -0.39 is 0 Å². The molecule has 1 amide bonds. The molecule has 0 fully saturated rings. The Morgan fingerprint density at radius 1 is 1.37 bits per heavy atom. The van der Waals surface area contributed by atoms with Gasteiger partial charge in [-0.1, -0.05) is 0 Å². The first-order valence-corrected chi connectivity index (χ1v) is 6.57. The Morgan fingerprint density at radius 2 is 2.05 bits per heavy atom. The van der Waals surface area contributed by atoms with Crippen LogP contribution in [0.15, 0.2) is 24.5 Å². The quantitative estimate of drug-likeness (QED) is 0.695. The SMILES string of the molecule is COCCCNC(=O)C(C)NC(C)c1ccncc1. The molecule has 0 aromatic carbocycles. The van der Waals surface area contributed by atoms with Gasteiger partial charge in [0.25, 0.3) is 0 Å². The first-order valence-electron chi connectivity index (χ1n) is 6.57. The van der Waals surface area contributed by atoms with Crippen molar-refractivity contribution >= 4 is 5.91 Å². The van der Waals surface area contributed by atoms with Gasteiger partial charge in [-0.05, 0) is 38.0 Å². The number of carbonyl (C=O) groups excluding carboxylic acids is 1. The fraction of sp³-hybridized carbons (Fsp3) is 0.571. The lowest BCUT2D eigenvalue weighted by Crippen LogP contribution is -2.43. The first kappa shape index (κ1) is 15.6. The molecule has 0 aliphatic carbocycles. The molecule has 1 heterocycles. The largest absolute Gasteiger partial charge is 0.385 e. The maximum Gasteiger partial charge on any atom is 0.236 e. The Hall–Kier alpha value is -1.46. The fourth-order valence-electron chi connectivity index (χ4n) is 1.78. The van der Waals surface area contributed by atoms with E-state index in [0.717, 1.165) is 12.0 Å². The van der Waals surface area contributed by atoms with Crippen molar-refractivity contribution in [2.24, 2.45) is 0 Å². The molecule has 1 rings (SSSR count). The molecule has 0 radical (unpaired) electrons. The zero-order valence-corrected chi connectivity index (χ0v) is 11.8. The Morgan fingerprint density at radius 3 is 2.68 bits per heavy atom. The van der Waals surface area contributed by atoms with Crippen molar-refractivity contribution in [1.29, 1.82) is 0 Å². The predicted molar refractivity (Wildman–Crippen MR) is 74.8 cm³/mol. The number of aromatic nitrogens is 1. The van der Waals surface area contributed by atoms with E-state index in [2.05, 4.69) is 15.6 Å². The smallest absolute Gasteiger partial charge is 0.236 e. The molecular formula is C14H23N3O2. The van der Waals surface area contributed by atoms with Crippen LogP contribution in [0.5, 0.6) is 0 Å². The van der Waals surface area contributed by atoms with Crippen molar-refractivity contribution in [3.05, 3.63) is 30.1 Å². The summed E-state index contributed by atoms with van der Waals surface area (Å²) < 4.78 is 4.93. The van der Waals surface area contributed by atoms with Gasteiger partial charge in [0.15, 0.2) is 0 Å². The van der Waals surface area contributed by atoms with Crippen LogP contribution in [0.1, 0.15) is 31.9 Å². The Balaban J connectivity index is 2.33. The van der Waals surface area contributed by atoms with Gasteiger partial charge in [0.2, 0.25) is 5.91 Å². The van der Waals surface area contributed by atoms with Crippen LogP contribution in [0, 0.1) is 0 Å². The molecule has 2 unspecified atom stereocenters. The molecular weight excluding hydrogens is 242 g/mol. The van der Waals surface area contributed by atoms with Crippen LogP contribution in [0.4, 0.5) is 0 Å². The number of nitrogens with one attached hydrogen (secondary N) is 2. The number of hydrogen-bond donors (Lipinski definition) is 2. The number of ether oxygens (including phenoxy) is 1. The van der Waals surface area contributed by atoms with Gasteiger partial charge in [-0.25, -0.2) is 0 Å². The van der Waals surface area contributed by atoms with Crippen LogP contribution in [-0.2, 0) is 9.53 Å². The summed E-state index contributed by atoms with van der Waals surface area (Å²) in [6.07, 6.45) is 4.33. The van der Waals surface area contributed by atoms with E-state index in [1.54, 1.807) is 19.5 Å². The van der Waals surface area contributed by atoms with E-state index in [0.29, 0.717) is 13.2 Å². The van der Waals surface area contributed by atoms with Crippen molar-refractivity contribution in [3.8, 4) is 0 Å². The van der Waals surface area contributed by atoms with Gasteiger partial charge in [0.1, 0.15) is 0 Å². The average molecular weight is 265 g/mol. The van der Waals surface area contributed by atoms with Gasteiger partial charge < -0.3 is 10.1 Å². The van der Waals surface area contributed by atoms with Gasteiger partial charge in [0.05, 0.1) is 6.04 Å². The minimum atomic E-state index is -0.231. The lowest BCUT2D eigenvalue weighted by molar-refractivity contribution is -0.122. The molecule has 0 aliphatic heterocycles. The summed E-state index contributed by atoms with van der Waals surface area (Å²) in [5.74, 6) is 0.0111. The lowest BCUT2D eigenvalue weighted by Gasteiger charge is -2.19. The minimum absolute atomic E-state index is 0.0111. The number of carbonyl (C=O) groups is 1. The van der Waals surface area contributed by atoms with Crippen LogP contribution in [0.25, 0.3) is 0 Å². The maximum atomic E-state index is 11.8. The highest BCUT2D eigenvalue weighted by Crippen LogP contribution is 2.10. The molecule has 5 heteroatoms. The second kappa shape index (κ2) is 8.61. The average Bonchev–Trinajstić information content (AvgIpc) is 2.44. The molecule has 2 atom stereocenters. The van der Waals surface area contributed by atoms with Gasteiger partial charge in [-0.2, -0.15) is 0 Å². The summed E-state index contributed by atoms with van der Waals surface area (Å²) in [6.45, 7) is 5.20. The van der Waals surface area contributed by atoms with Crippen LogP contribution < -0.4 is 10.6 Å². The highest BCUT2D eigenvalue weighted by atomic mass is 16.5. The number of amides is 1. The zero-order chi connectivity index (χ0) is 14.1. The summed E-state index contributed by atoms with van der Waals surface area (Å²) in [4.78, 5) is 15.8. The third-order valence-electron chi connectivity index (χ3n) is 2.92. The van der Waals surface area contributed by atoms with E-state index in [9.17, 15) is 4.79 Å². The third kappa shape index (κ3) is 5.81. The Kier molecular flexibility index (Phi) is 7.07. The summed E-state index contributed by atoms with van der Waals surface area (Å²) in [6, 6.07) is 3.77. The molecule has 1 aromatic heterocycles. The molecule has 5 nitrogen and oxygen atoms in total. The number of methoxy groups -OCH3 is 1. The molecule has 2 N–H and O–H groups in total. The predicted octanol–water partition coefficient (Wildman–Crippen LogP) is 1.27. The Bertz CT molecular complexity index is 370. The number of nitrogens with zero attached hydrogens (tertiary/aromatic N) is 1. The summed E-state index contributed by atoms with van der Waals surface area (Å²) >= 11 is 0. The van der Waals surface area contributed by atoms with E-state index in [4.69, 9.17) is 4.74 Å². The van der Waals surface area contributed by atoms with Crippen molar-refractivity contribution in [3.63, 3.8) is 0 Å².